The van der Waals surface area contributed by atoms with E-state index in [1.807, 2.05) is 31.3 Å². The third-order valence-corrected chi connectivity index (χ3v) is 4.32. The van der Waals surface area contributed by atoms with E-state index in [0.717, 1.165) is 34.0 Å². The SMILES string of the molecule is COc1cc(-c2c(C)n(C)c3ccccc23)cc(C=O)c1OC. The van der Waals surface area contributed by atoms with Crippen LogP contribution in [0.4, 0.5) is 0 Å². The van der Waals surface area contributed by atoms with Gasteiger partial charge in [0.1, 0.15) is 0 Å². The van der Waals surface area contributed by atoms with Gasteiger partial charge < -0.3 is 14.0 Å². The van der Waals surface area contributed by atoms with Crippen LogP contribution in [-0.2, 0) is 7.05 Å². The number of hydrogen-bond acceptors (Lipinski definition) is 3. The van der Waals surface area contributed by atoms with Crippen molar-refractivity contribution in [3.8, 4) is 22.6 Å². The van der Waals surface area contributed by atoms with E-state index in [4.69, 9.17) is 9.47 Å². The van der Waals surface area contributed by atoms with Gasteiger partial charge in [-0.2, -0.15) is 0 Å². The number of carbonyl (C=O) groups excluding carboxylic acids is 1. The Balaban J connectivity index is 2.36. The Kier molecular flexibility index (Phi) is 3.82. The van der Waals surface area contributed by atoms with Crippen molar-refractivity contribution in [1.82, 2.24) is 4.57 Å². The zero-order valence-corrected chi connectivity index (χ0v) is 13.7. The molecular weight excluding hydrogens is 290 g/mol. The van der Waals surface area contributed by atoms with Crippen LogP contribution in [0.15, 0.2) is 36.4 Å². The zero-order valence-electron chi connectivity index (χ0n) is 13.7. The van der Waals surface area contributed by atoms with Gasteiger partial charge in [-0.05, 0) is 30.7 Å². The van der Waals surface area contributed by atoms with Gasteiger partial charge in [-0.1, -0.05) is 18.2 Å². The topological polar surface area (TPSA) is 40.5 Å². The van der Waals surface area contributed by atoms with Gasteiger partial charge in [0, 0.05) is 29.2 Å². The van der Waals surface area contributed by atoms with Gasteiger partial charge in [0.25, 0.3) is 0 Å². The lowest BCUT2D eigenvalue weighted by Gasteiger charge is -2.13. The highest BCUT2D eigenvalue weighted by atomic mass is 16.5. The van der Waals surface area contributed by atoms with Crippen molar-refractivity contribution in [2.45, 2.75) is 6.92 Å². The highest BCUT2D eigenvalue weighted by Crippen LogP contribution is 2.40. The van der Waals surface area contributed by atoms with Gasteiger partial charge in [0.2, 0.25) is 0 Å². The third-order valence-electron chi connectivity index (χ3n) is 4.32. The first-order chi connectivity index (χ1) is 11.1. The molecule has 2 aromatic carbocycles. The summed E-state index contributed by atoms with van der Waals surface area (Å²) in [6, 6.07) is 12.0. The minimum Gasteiger partial charge on any atom is -0.493 e. The molecule has 0 fully saturated rings. The van der Waals surface area contributed by atoms with Crippen molar-refractivity contribution in [2.75, 3.05) is 14.2 Å². The van der Waals surface area contributed by atoms with Gasteiger partial charge in [0.15, 0.2) is 17.8 Å². The Morgan fingerprint density at radius 1 is 1.09 bits per heavy atom. The monoisotopic (exact) mass is 309 g/mol. The summed E-state index contributed by atoms with van der Waals surface area (Å²) in [6.07, 6.45) is 0.797. The molecule has 3 rings (SSSR count). The van der Waals surface area contributed by atoms with Crippen LogP contribution in [0.3, 0.4) is 0 Å². The van der Waals surface area contributed by atoms with Crippen LogP contribution in [0.5, 0.6) is 11.5 Å². The highest BCUT2D eigenvalue weighted by Gasteiger charge is 2.18. The van der Waals surface area contributed by atoms with Gasteiger partial charge in [0.05, 0.1) is 19.8 Å². The van der Waals surface area contributed by atoms with Crippen LogP contribution < -0.4 is 9.47 Å². The summed E-state index contributed by atoms with van der Waals surface area (Å²) in [5, 5.41) is 1.15. The van der Waals surface area contributed by atoms with Crippen LogP contribution in [0.1, 0.15) is 16.1 Å². The molecule has 0 spiro atoms. The summed E-state index contributed by atoms with van der Waals surface area (Å²) in [5.74, 6) is 1.02. The molecule has 0 aliphatic carbocycles. The molecule has 0 saturated carbocycles. The molecule has 4 nitrogen and oxygen atoms in total. The Labute approximate surface area is 135 Å². The number of benzene rings is 2. The van der Waals surface area contributed by atoms with E-state index in [9.17, 15) is 4.79 Å². The molecule has 0 atom stereocenters. The van der Waals surface area contributed by atoms with Crippen molar-refractivity contribution in [3.63, 3.8) is 0 Å². The highest BCUT2D eigenvalue weighted by molar-refractivity contribution is 5.99. The molecule has 118 valence electrons. The molecule has 3 aromatic rings. The van der Waals surface area contributed by atoms with Crippen LogP contribution >= 0.6 is 0 Å². The molecule has 0 radical (unpaired) electrons. The maximum Gasteiger partial charge on any atom is 0.171 e. The Morgan fingerprint density at radius 2 is 1.83 bits per heavy atom. The van der Waals surface area contributed by atoms with Gasteiger partial charge in [-0.3, -0.25) is 4.79 Å². The number of aldehydes is 1. The van der Waals surface area contributed by atoms with Crippen molar-refractivity contribution in [2.24, 2.45) is 7.05 Å². The number of aryl methyl sites for hydroxylation is 1. The van der Waals surface area contributed by atoms with E-state index in [2.05, 4.69) is 23.6 Å². The van der Waals surface area contributed by atoms with E-state index in [-0.39, 0.29) is 0 Å². The fourth-order valence-electron chi connectivity index (χ4n) is 3.11. The number of para-hydroxylation sites is 1. The first kappa shape index (κ1) is 15.2. The second-order valence-electron chi connectivity index (χ2n) is 5.46. The number of aromatic nitrogens is 1. The maximum atomic E-state index is 11.5. The summed E-state index contributed by atoms with van der Waals surface area (Å²) < 4.78 is 12.9. The fourth-order valence-corrected chi connectivity index (χ4v) is 3.11. The van der Waals surface area contributed by atoms with Gasteiger partial charge >= 0.3 is 0 Å². The average molecular weight is 309 g/mol. The lowest BCUT2D eigenvalue weighted by molar-refractivity contribution is 0.112. The Hall–Kier alpha value is -2.75. The summed E-state index contributed by atoms with van der Waals surface area (Å²) in [6.45, 7) is 2.08. The van der Waals surface area contributed by atoms with E-state index >= 15 is 0 Å². The molecule has 1 aromatic heterocycles. The lowest BCUT2D eigenvalue weighted by atomic mass is 9.99. The van der Waals surface area contributed by atoms with E-state index < -0.39 is 0 Å². The fraction of sp³-hybridized carbons (Fsp3) is 0.211. The third kappa shape index (κ3) is 2.27. The Bertz CT molecular complexity index is 893. The number of hydrogen-bond donors (Lipinski definition) is 0. The molecule has 0 bridgehead atoms. The van der Waals surface area contributed by atoms with Crippen LogP contribution in [0.25, 0.3) is 22.0 Å². The number of rotatable bonds is 4. The van der Waals surface area contributed by atoms with E-state index in [0.29, 0.717) is 17.1 Å². The second kappa shape index (κ2) is 5.80. The van der Waals surface area contributed by atoms with Crippen LogP contribution in [0, 0.1) is 6.92 Å². The summed E-state index contributed by atoms with van der Waals surface area (Å²) in [4.78, 5) is 11.5. The number of ether oxygens (including phenoxy) is 2. The van der Waals surface area contributed by atoms with Crippen molar-refractivity contribution < 1.29 is 14.3 Å². The molecule has 0 N–H and O–H groups in total. The predicted molar refractivity (Wildman–Crippen MR) is 91.6 cm³/mol. The molecule has 0 aliphatic rings. The standard InChI is InChI=1S/C19H19NO3/c1-12-18(15-7-5-6-8-16(15)20(12)2)13-9-14(11-21)19(23-4)17(10-13)22-3/h5-11H,1-4H3. The normalized spacial score (nSPS) is 10.8. The number of carbonyl (C=O) groups is 1. The molecular formula is C19H19NO3. The lowest BCUT2D eigenvalue weighted by Crippen LogP contribution is -1.97. The maximum absolute atomic E-state index is 11.5. The molecule has 23 heavy (non-hydrogen) atoms. The molecule has 0 unspecified atom stereocenters. The van der Waals surface area contributed by atoms with E-state index in [1.165, 1.54) is 7.11 Å². The molecule has 0 saturated heterocycles. The summed E-state index contributed by atoms with van der Waals surface area (Å²) in [5.41, 5.74) is 4.82. The number of nitrogens with zero attached hydrogens (tertiary/aromatic N) is 1. The number of fused-ring (bicyclic) bond motifs is 1. The van der Waals surface area contributed by atoms with E-state index in [1.54, 1.807) is 7.11 Å². The molecule has 4 heteroatoms. The first-order valence-corrected chi connectivity index (χ1v) is 7.38. The smallest absolute Gasteiger partial charge is 0.171 e. The largest absolute Gasteiger partial charge is 0.493 e. The average Bonchev–Trinajstić information content (AvgIpc) is 2.85. The predicted octanol–water partition coefficient (Wildman–Crippen LogP) is 3.98. The van der Waals surface area contributed by atoms with Crippen molar-refractivity contribution in [1.29, 1.82) is 0 Å². The van der Waals surface area contributed by atoms with Crippen molar-refractivity contribution >= 4 is 17.2 Å². The quantitative estimate of drug-likeness (QED) is 0.684. The molecule has 0 amide bonds. The van der Waals surface area contributed by atoms with Gasteiger partial charge in [-0.15, -0.1) is 0 Å². The zero-order chi connectivity index (χ0) is 16.6. The second-order valence-corrected chi connectivity index (χ2v) is 5.46. The first-order valence-electron chi connectivity index (χ1n) is 7.38. The minimum atomic E-state index is 0.462. The molecule has 1 heterocycles. The Morgan fingerprint density at radius 3 is 2.48 bits per heavy atom. The van der Waals surface area contributed by atoms with Crippen molar-refractivity contribution in [3.05, 3.63) is 47.7 Å². The minimum absolute atomic E-state index is 0.462. The van der Waals surface area contributed by atoms with Crippen LogP contribution in [-0.4, -0.2) is 25.1 Å². The van der Waals surface area contributed by atoms with Crippen LogP contribution in [0.2, 0.25) is 0 Å². The summed E-state index contributed by atoms with van der Waals surface area (Å²) in [7, 11) is 5.16. The summed E-state index contributed by atoms with van der Waals surface area (Å²) >= 11 is 0. The number of methoxy groups -OCH3 is 2. The molecule has 0 aliphatic heterocycles. The van der Waals surface area contributed by atoms with Gasteiger partial charge in [-0.25, -0.2) is 0 Å².